The van der Waals surface area contributed by atoms with E-state index in [-0.39, 0.29) is 23.0 Å². The van der Waals surface area contributed by atoms with Gasteiger partial charge in [0.15, 0.2) is 11.5 Å². The number of allylic oxidation sites excluding steroid dienone is 2. The van der Waals surface area contributed by atoms with Crippen LogP contribution in [0.15, 0.2) is 102 Å². The van der Waals surface area contributed by atoms with Gasteiger partial charge in [-0.1, -0.05) is 74.0 Å². The molecule has 0 radical (unpaired) electrons. The molecule has 0 N–H and O–H groups in total. The van der Waals surface area contributed by atoms with Crippen LogP contribution in [-0.2, 0) is 6.42 Å². The smallest absolute Gasteiger partial charge is 0.255 e. The lowest BCUT2D eigenvalue weighted by atomic mass is 9.94. The largest absolute Gasteiger partial charge is 0.496 e. The van der Waals surface area contributed by atoms with Gasteiger partial charge in [-0.3, -0.25) is 9.79 Å². The number of halogens is 1. The van der Waals surface area contributed by atoms with Gasteiger partial charge in [-0.05, 0) is 88.7 Å². The Kier molecular flexibility index (Phi) is 10.1. The monoisotopic (exact) mass is 663 g/mol. The Morgan fingerprint density at radius 1 is 0.896 bits per heavy atom. The molecule has 1 amide bonds. The van der Waals surface area contributed by atoms with E-state index < -0.39 is 0 Å². The molecule has 7 nitrogen and oxygen atoms in total. The highest BCUT2D eigenvalue weighted by Crippen LogP contribution is 2.38. The van der Waals surface area contributed by atoms with E-state index >= 15 is 0 Å². The number of amidine groups is 1. The van der Waals surface area contributed by atoms with Crippen LogP contribution in [0.5, 0.6) is 17.2 Å². The zero-order chi connectivity index (χ0) is 33.8. The topological polar surface area (TPSA) is 63.6 Å². The summed E-state index contributed by atoms with van der Waals surface area (Å²) in [5, 5.41) is 2.65. The number of methoxy groups -OCH3 is 3. The number of ether oxygens (including phenoxy) is 3. The first-order valence-corrected chi connectivity index (χ1v) is 16.8. The van der Waals surface area contributed by atoms with E-state index in [0.717, 1.165) is 34.7 Å². The van der Waals surface area contributed by atoms with Gasteiger partial charge >= 0.3 is 0 Å². The summed E-state index contributed by atoms with van der Waals surface area (Å²) in [6, 6.07) is 24.6. The second-order valence-electron chi connectivity index (χ2n) is 12.6. The predicted octanol–water partition coefficient (Wildman–Crippen LogP) is 8.45. The predicted molar refractivity (Wildman–Crippen MR) is 195 cm³/mol. The number of aliphatic imine (C=N–C) groups is 1. The highest BCUT2D eigenvalue weighted by molar-refractivity contribution is 6.35. The van der Waals surface area contributed by atoms with Crippen LogP contribution in [0.1, 0.15) is 36.2 Å². The molecule has 0 bridgehead atoms. The lowest BCUT2D eigenvalue weighted by molar-refractivity contribution is 0.0729. The molecule has 6 rings (SSSR count). The van der Waals surface area contributed by atoms with Crippen LogP contribution in [0, 0.1) is 5.92 Å². The maximum Gasteiger partial charge on any atom is 0.255 e. The summed E-state index contributed by atoms with van der Waals surface area (Å²) < 4.78 is 16.8. The lowest BCUT2D eigenvalue weighted by Crippen LogP contribution is -2.45. The number of nitrogens with zero attached hydrogens (tertiary/aromatic N) is 3. The van der Waals surface area contributed by atoms with Crippen molar-refractivity contribution < 1.29 is 19.0 Å². The Balaban J connectivity index is 1.33. The normalized spacial score (nSPS) is 16.6. The van der Waals surface area contributed by atoms with Crippen LogP contribution in [0.4, 0.5) is 0 Å². The number of benzene rings is 4. The standard InChI is InChI=1S/C40H42ClN3O4/c1-26(2)19-21-43(40(45)32-16-18-36(47-4)39(48-5)38(32)41)25-33-34(44-20-9-8-12-37(44)42-33)24-31-23-30(15-17-35(31)46-3)29-14-13-27-10-6-7-11-28(27)22-29/h6-18,20,22-23,26,33-34H,19,21,24-25H2,1-5H3. The summed E-state index contributed by atoms with van der Waals surface area (Å²) in [6.07, 6.45) is 9.65. The van der Waals surface area contributed by atoms with Gasteiger partial charge < -0.3 is 24.0 Å². The fraction of sp³-hybridized carbons (Fsp3) is 0.300. The number of hydrogen-bond donors (Lipinski definition) is 0. The molecule has 0 fully saturated rings. The van der Waals surface area contributed by atoms with E-state index in [1.165, 1.54) is 17.9 Å². The summed E-state index contributed by atoms with van der Waals surface area (Å²) in [7, 11) is 4.79. The molecular formula is C40H42ClN3O4. The van der Waals surface area contributed by atoms with Crippen LogP contribution in [0.3, 0.4) is 0 Å². The number of carbonyl (C=O) groups is 1. The molecule has 48 heavy (non-hydrogen) atoms. The molecule has 8 heteroatoms. The summed E-state index contributed by atoms with van der Waals surface area (Å²) in [5.74, 6) is 2.79. The molecule has 2 heterocycles. The van der Waals surface area contributed by atoms with Crippen molar-refractivity contribution >= 4 is 34.1 Å². The van der Waals surface area contributed by atoms with Crippen LogP contribution in [0.2, 0.25) is 5.02 Å². The average Bonchev–Trinajstić information content (AvgIpc) is 3.45. The van der Waals surface area contributed by atoms with E-state index in [1.54, 1.807) is 26.4 Å². The summed E-state index contributed by atoms with van der Waals surface area (Å²) in [5.41, 5.74) is 3.73. The number of rotatable bonds is 12. The minimum absolute atomic E-state index is 0.0443. The number of fused-ring (bicyclic) bond motifs is 2. The van der Waals surface area contributed by atoms with Gasteiger partial charge in [-0.2, -0.15) is 0 Å². The SMILES string of the molecule is COc1ccc(-c2ccc3ccccc3c2)cc1CC1C(CN(CCC(C)C)C(=O)c2ccc(OC)c(OC)c2Cl)N=C2C=CC=CN21. The molecular weight excluding hydrogens is 622 g/mol. The van der Waals surface area contributed by atoms with Crippen molar-refractivity contribution in [2.45, 2.75) is 38.8 Å². The Labute approximate surface area is 288 Å². The Morgan fingerprint density at radius 3 is 2.38 bits per heavy atom. The van der Waals surface area contributed by atoms with Gasteiger partial charge in [-0.25, -0.2) is 0 Å². The van der Waals surface area contributed by atoms with Crippen molar-refractivity contribution in [2.24, 2.45) is 10.9 Å². The van der Waals surface area contributed by atoms with Gasteiger partial charge in [0.1, 0.15) is 11.6 Å². The number of amides is 1. The molecule has 2 aliphatic heterocycles. The van der Waals surface area contributed by atoms with Crippen LogP contribution in [-0.4, -0.2) is 68.0 Å². The van der Waals surface area contributed by atoms with E-state index in [1.807, 2.05) is 23.1 Å². The van der Waals surface area contributed by atoms with Gasteiger partial charge in [0.05, 0.1) is 44.0 Å². The van der Waals surface area contributed by atoms with Crippen LogP contribution in [0.25, 0.3) is 21.9 Å². The molecule has 0 saturated carbocycles. The minimum Gasteiger partial charge on any atom is -0.496 e. The zero-order valence-electron chi connectivity index (χ0n) is 28.2. The van der Waals surface area contributed by atoms with Gasteiger partial charge in [0.25, 0.3) is 5.91 Å². The first-order valence-electron chi connectivity index (χ1n) is 16.4. The third kappa shape index (κ3) is 6.78. The molecule has 0 saturated heterocycles. The lowest BCUT2D eigenvalue weighted by Gasteiger charge is -2.32. The molecule has 0 spiro atoms. The second kappa shape index (κ2) is 14.6. The summed E-state index contributed by atoms with van der Waals surface area (Å²) >= 11 is 6.76. The Hall–Kier alpha value is -4.75. The van der Waals surface area contributed by atoms with Gasteiger partial charge in [0.2, 0.25) is 0 Å². The van der Waals surface area contributed by atoms with Crippen molar-refractivity contribution in [1.82, 2.24) is 9.80 Å². The average molecular weight is 664 g/mol. The quantitative estimate of drug-likeness (QED) is 0.152. The first-order chi connectivity index (χ1) is 23.3. The van der Waals surface area contributed by atoms with E-state index in [4.69, 9.17) is 30.8 Å². The molecule has 4 aromatic rings. The van der Waals surface area contributed by atoms with Gasteiger partial charge in [-0.15, -0.1) is 0 Å². The van der Waals surface area contributed by atoms with Crippen molar-refractivity contribution in [3.8, 4) is 28.4 Å². The highest BCUT2D eigenvalue weighted by Gasteiger charge is 2.38. The molecule has 2 unspecified atom stereocenters. The Morgan fingerprint density at radius 2 is 1.62 bits per heavy atom. The van der Waals surface area contributed by atoms with Crippen LogP contribution >= 0.6 is 11.6 Å². The molecule has 2 aliphatic rings. The fourth-order valence-corrected chi connectivity index (χ4v) is 6.84. The number of carbonyl (C=O) groups excluding carboxylic acids is 1. The number of hydrogen-bond acceptors (Lipinski definition) is 6. The van der Waals surface area contributed by atoms with Gasteiger partial charge in [0, 0.05) is 19.3 Å². The first kappa shape index (κ1) is 33.2. The van der Waals surface area contributed by atoms with Crippen molar-refractivity contribution in [3.63, 3.8) is 0 Å². The van der Waals surface area contributed by atoms with Crippen LogP contribution < -0.4 is 14.2 Å². The van der Waals surface area contributed by atoms with Crippen molar-refractivity contribution in [1.29, 1.82) is 0 Å². The van der Waals surface area contributed by atoms with E-state index in [0.29, 0.717) is 42.5 Å². The summed E-state index contributed by atoms with van der Waals surface area (Å²) in [4.78, 5) is 23.5. The van der Waals surface area contributed by atoms with Crippen molar-refractivity contribution in [2.75, 3.05) is 34.4 Å². The molecule has 248 valence electrons. The molecule has 4 aromatic carbocycles. The zero-order valence-corrected chi connectivity index (χ0v) is 28.9. The van der Waals surface area contributed by atoms with E-state index in [2.05, 4.69) is 85.6 Å². The minimum atomic E-state index is -0.198. The molecule has 0 aromatic heterocycles. The summed E-state index contributed by atoms with van der Waals surface area (Å²) in [6.45, 7) is 5.32. The van der Waals surface area contributed by atoms with E-state index in [9.17, 15) is 4.79 Å². The molecule has 2 atom stereocenters. The van der Waals surface area contributed by atoms with Crippen molar-refractivity contribution in [3.05, 3.63) is 113 Å². The molecule has 0 aliphatic carbocycles. The highest BCUT2D eigenvalue weighted by atomic mass is 35.5. The second-order valence-corrected chi connectivity index (χ2v) is 13.0. The Bertz CT molecular complexity index is 1900. The third-order valence-corrected chi connectivity index (χ3v) is 9.52. The maximum atomic E-state index is 14.2. The maximum absolute atomic E-state index is 14.2. The fourth-order valence-electron chi connectivity index (χ4n) is 6.53. The third-order valence-electron chi connectivity index (χ3n) is 9.15.